The molecule has 0 bridgehead atoms. The van der Waals surface area contributed by atoms with Gasteiger partial charge in [-0.15, -0.1) is 0 Å². The molecule has 1 aromatic carbocycles. The van der Waals surface area contributed by atoms with E-state index < -0.39 is 12.0 Å². The minimum atomic E-state index is -1.13. The van der Waals surface area contributed by atoms with Gasteiger partial charge < -0.3 is 16.2 Å². The SMILES string of the molecule is CC(NCC(O)C(N)=O)c1ccccc1. The number of aliphatic hydroxyl groups excluding tert-OH is 1. The fourth-order valence-electron chi connectivity index (χ4n) is 1.25. The molecule has 0 saturated heterocycles. The van der Waals surface area contributed by atoms with Gasteiger partial charge in [0.25, 0.3) is 0 Å². The molecular formula is C11H16N2O2. The summed E-state index contributed by atoms with van der Waals surface area (Å²) in [6.45, 7) is 2.13. The van der Waals surface area contributed by atoms with Crippen molar-refractivity contribution < 1.29 is 9.90 Å². The molecule has 0 spiro atoms. The first-order chi connectivity index (χ1) is 7.11. The lowest BCUT2D eigenvalue weighted by molar-refractivity contribution is -0.125. The largest absolute Gasteiger partial charge is 0.382 e. The third kappa shape index (κ3) is 3.69. The van der Waals surface area contributed by atoms with Crippen LogP contribution in [-0.4, -0.2) is 23.7 Å². The van der Waals surface area contributed by atoms with Gasteiger partial charge >= 0.3 is 0 Å². The lowest BCUT2D eigenvalue weighted by Crippen LogP contribution is -2.38. The number of hydrogen-bond donors (Lipinski definition) is 3. The average Bonchev–Trinajstić information content (AvgIpc) is 2.26. The molecule has 0 heterocycles. The van der Waals surface area contributed by atoms with E-state index in [0.29, 0.717) is 0 Å². The lowest BCUT2D eigenvalue weighted by atomic mass is 10.1. The van der Waals surface area contributed by atoms with E-state index in [1.807, 2.05) is 37.3 Å². The van der Waals surface area contributed by atoms with Gasteiger partial charge in [0.05, 0.1) is 0 Å². The van der Waals surface area contributed by atoms with Crippen LogP contribution in [0.4, 0.5) is 0 Å². The predicted octanol–water partition coefficient (Wildman–Crippen LogP) is 0.183. The summed E-state index contributed by atoms with van der Waals surface area (Å²) < 4.78 is 0. The Labute approximate surface area is 89.1 Å². The summed E-state index contributed by atoms with van der Waals surface area (Å²) in [5, 5.41) is 12.2. The molecule has 82 valence electrons. The molecule has 1 rings (SSSR count). The number of amides is 1. The summed E-state index contributed by atoms with van der Waals surface area (Å²) in [6, 6.07) is 9.87. The molecule has 0 saturated carbocycles. The number of hydrogen-bond acceptors (Lipinski definition) is 3. The second-order valence-corrected chi connectivity index (χ2v) is 3.46. The van der Waals surface area contributed by atoms with Crippen LogP contribution in [0.1, 0.15) is 18.5 Å². The zero-order chi connectivity index (χ0) is 11.3. The highest BCUT2D eigenvalue weighted by atomic mass is 16.3. The number of primary amides is 1. The van der Waals surface area contributed by atoms with E-state index >= 15 is 0 Å². The number of carbonyl (C=O) groups excluding carboxylic acids is 1. The first kappa shape index (κ1) is 11.7. The highest BCUT2D eigenvalue weighted by Crippen LogP contribution is 2.10. The summed E-state index contributed by atoms with van der Waals surface area (Å²) in [5.74, 6) is -0.706. The van der Waals surface area contributed by atoms with Crippen LogP contribution in [0.3, 0.4) is 0 Å². The molecule has 1 amide bonds. The normalized spacial score (nSPS) is 14.5. The van der Waals surface area contributed by atoms with Crippen molar-refractivity contribution in [3.05, 3.63) is 35.9 Å². The highest BCUT2D eigenvalue weighted by molar-refractivity contribution is 5.78. The van der Waals surface area contributed by atoms with Crippen molar-refractivity contribution in [2.24, 2.45) is 5.73 Å². The number of aliphatic hydroxyl groups is 1. The molecule has 0 aliphatic carbocycles. The zero-order valence-electron chi connectivity index (χ0n) is 8.68. The fraction of sp³-hybridized carbons (Fsp3) is 0.364. The van der Waals surface area contributed by atoms with Gasteiger partial charge in [0, 0.05) is 12.6 Å². The lowest BCUT2D eigenvalue weighted by Gasteiger charge is -2.15. The smallest absolute Gasteiger partial charge is 0.247 e. The summed E-state index contributed by atoms with van der Waals surface area (Å²) in [5.41, 5.74) is 6.04. The molecule has 0 aromatic heterocycles. The standard InChI is InChI=1S/C11H16N2O2/c1-8(9-5-3-2-4-6-9)13-7-10(14)11(12)15/h2-6,8,10,13-14H,7H2,1H3,(H2,12,15). The maximum atomic E-state index is 10.6. The maximum Gasteiger partial charge on any atom is 0.247 e. The third-order valence-electron chi connectivity index (χ3n) is 2.25. The minimum absolute atomic E-state index is 0.0835. The van der Waals surface area contributed by atoms with Crippen molar-refractivity contribution in [3.8, 4) is 0 Å². The zero-order valence-corrected chi connectivity index (χ0v) is 8.68. The van der Waals surface area contributed by atoms with Crippen molar-refractivity contribution in [2.75, 3.05) is 6.54 Å². The molecular weight excluding hydrogens is 192 g/mol. The van der Waals surface area contributed by atoms with E-state index in [2.05, 4.69) is 5.32 Å². The molecule has 4 heteroatoms. The molecule has 0 aliphatic rings. The van der Waals surface area contributed by atoms with E-state index in [9.17, 15) is 9.90 Å². The van der Waals surface area contributed by atoms with Crippen LogP contribution in [0.15, 0.2) is 30.3 Å². The van der Waals surface area contributed by atoms with Crippen LogP contribution in [0.25, 0.3) is 0 Å². The van der Waals surface area contributed by atoms with Crippen molar-refractivity contribution in [1.82, 2.24) is 5.32 Å². The molecule has 4 N–H and O–H groups in total. The first-order valence-electron chi connectivity index (χ1n) is 4.87. The van der Waals surface area contributed by atoms with Gasteiger partial charge in [-0.05, 0) is 12.5 Å². The number of benzene rings is 1. The van der Waals surface area contributed by atoms with Gasteiger partial charge in [0.1, 0.15) is 6.10 Å². The number of nitrogens with two attached hydrogens (primary N) is 1. The van der Waals surface area contributed by atoms with Crippen LogP contribution in [0.5, 0.6) is 0 Å². The van der Waals surface area contributed by atoms with Crippen molar-refractivity contribution in [3.63, 3.8) is 0 Å². The van der Waals surface area contributed by atoms with Gasteiger partial charge in [-0.2, -0.15) is 0 Å². The van der Waals surface area contributed by atoms with Gasteiger partial charge in [0.15, 0.2) is 0 Å². The van der Waals surface area contributed by atoms with Crippen LogP contribution < -0.4 is 11.1 Å². The quantitative estimate of drug-likeness (QED) is 0.646. The van der Waals surface area contributed by atoms with Crippen molar-refractivity contribution in [2.45, 2.75) is 19.1 Å². The van der Waals surface area contributed by atoms with E-state index in [1.165, 1.54) is 0 Å². The van der Waals surface area contributed by atoms with E-state index in [4.69, 9.17) is 5.73 Å². The summed E-state index contributed by atoms with van der Waals surface area (Å²) in [4.78, 5) is 10.6. The predicted molar refractivity (Wildman–Crippen MR) is 58.1 cm³/mol. The Kier molecular flexibility index (Phi) is 4.27. The van der Waals surface area contributed by atoms with E-state index in [0.717, 1.165) is 5.56 Å². The maximum absolute atomic E-state index is 10.6. The number of carbonyl (C=O) groups is 1. The Morgan fingerprint density at radius 1 is 1.47 bits per heavy atom. The molecule has 2 atom stereocenters. The Morgan fingerprint density at radius 3 is 2.60 bits per heavy atom. The molecule has 0 fully saturated rings. The first-order valence-corrected chi connectivity index (χ1v) is 4.87. The topological polar surface area (TPSA) is 75.3 Å². The van der Waals surface area contributed by atoms with Crippen molar-refractivity contribution >= 4 is 5.91 Å². The number of nitrogens with one attached hydrogen (secondary N) is 1. The van der Waals surface area contributed by atoms with Crippen LogP contribution in [0, 0.1) is 0 Å². The van der Waals surface area contributed by atoms with Crippen LogP contribution in [-0.2, 0) is 4.79 Å². The fourth-order valence-corrected chi connectivity index (χ4v) is 1.25. The van der Waals surface area contributed by atoms with E-state index in [1.54, 1.807) is 0 Å². The summed E-state index contributed by atoms with van der Waals surface area (Å²) in [6.07, 6.45) is -1.13. The highest BCUT2D eigenvalue weighted by Gasteiger charge is 2.12. The molecule has 2 unspecified atom stereocenters. The summed E-state index contributed by atoms with van der Waals surface area (Å²) >= 11 is 0. The monoisotopic (exact) mass is 208 g/mol. The molecule has 0 aliphatic heterocycles. The summed E-state index contributed by atoms with van der Waals surface area (Å²) in [7, 11) is 0. The second-order valence-electron chi connectivity index (χ2n) is 3.46. The van der Waals surface area contributed by atoms with Gasteiger partial charge in [0.2, 0.25) is 5.91 Å². The molecule has 1 aromatic rings. The minimum Gasteiger partial charge on any atom is -0.382 e. The second kappa shape index (κ2) is 5.48. The average molecular weight is 208 g/mol. The van der Waals surface area contributed by atoms with E-state index in [-0.39, 0.29) is 12.6 Å². The number of rotatable bonds is 5. The Morgan fingerprint density at radius 2 is 2.07 bits per heavy atom. The van der Waals surface area contributed by atoms with Gasteiger partial charge in [-0.3, -0.25) is 4.79 Å². The van der Waals surface area contributed by atoms with Crippen LogP contribution in [0.2, 0.25) is 0 Å². The van der Waals surface area contributed by atoms with Crippen LogP contribution >= 0.6 is 0 Å². The van der Waals surface area contributed by atoms with Gasteiger partial charge in [-0.1, -0.05) is 30.3 Å². The Balaban J connectivity index is 2.43. The molecule has 0 radical (unpaired) electrons. The molecule has 4 nitrogen and oxygen atoms in total. The third-order valence-corrected chi connectivity index (χ3v) is 2.25. The van der Waals surface area contributed by atoms with Gasteiger partial charge in [-0.25, -0.2) is 0 Å². The molecule has 15 heavy (non-hydrogen) atoms. The van der Waals surface area contributed by atoms with Crippen molar-refractivity contribution in [1.29, 1.82) is 0 Å². The Bertz CT molecular complexity index is 314. The Hall–Kier alpha value is -1.39.